The molecule has 0 N–H and O–H groups in total. The summed E-state index contributed by atoms with van der Waals surface area (Å²) >= 11 is 0. The number of hydrogen-bond donors (Lipinski definition) is 0. The molecule has 0 saturated heterocycles. The van der Waals surface area contributed by atoms with Crippen molar-refractivity contribution in [2.45, 2.75) is 32.9 Å². The van der Waals surface area contributed by atoms with Gasteiger partial charge in [0.25, 0.3) is 5.56 Å². The first kappa shape index (κ1) is 13.3. The van der Waals surface area contributed by atoms with E-state index in [4.69, 9.17) is 0 Å². The van der Waals surface area contributed by atoms with Crippen molar-refractivity contribution in [1.29, 1.82) is 0 Å². The number of nitrogens with zero attached hydrogens (tertiary/aromatic N) is 4. The quantitative estimate of drug-likeness (QED) is 0.783. The van der Waals surface area contributed by atoms with Gasteiger partial charge in [-0.15, -0.1) is 0 Å². The summed E-state index contributed by atoms with van der Waals surface area (Å²) in [6.07, 6.45) is 4.74. The zero-order valence-electron chi connectivity index (χ0n) is 11.2. The van der Waals surface area contributed by atoms with E-state index in [0.717, 1.165) is 12.1 Å². The van der Waals surface area contributed by atoms with Crippen LogP contribution >= 0.6 is 0 Å². The molecular formula is C13H18N4O2. The zero-order valence-corrected chi connectivity index (χ0v) is 11.2. The monoisotopic (exact) mass is 262 g/mol. The van der Waals surface area contributed by atoms with Crippen LogP contribution in [0.3, 0.4) is 0 Å². The highest BCUT2D eigenvalue weighted by molar-refractivity contribution is 5.00. The van der Waals surface area contributed by atoms with Crippen LogP contribution in [-0.4, -0.2) is 18.9 Å². The molecule has 2 heterocycles. The van der Waals surface area contributed by atoms with Gasteiger partial charge >= 0.3 is 5.69 Å². The molecule has 0 unspecified atom stereocenters. The number of aromatic nitrogens is 4. The SMILES string of the molecule is CCCn1ccc(=O)n(CCc2ccnn2C)c1=O. The van der Waals surface area contributed by atoms with E-state index in [1.54, 1.807) is 21.6 Å². The lowest BCUT2D eigenvalue weighted by molar-refractivity contribution is 0.536. The fourth-order valence-corrected chi connectivity index (χ4v) is 2.05. The van der Waals surface area contributed by atoms with Crippen molar-refractivity contribution in [2.75, 3.05) is 0 Å². The van der Waals surface area contributed by atoms with Crippen LogP contribution in [0.4, 0.5) is 0 Å². The summed E-state index contributed by atoms with van der Waals surface area (Å²) in [4.78, 5) is 23.9. The number of rotatable bonds is 5. The van der Waals surface area contributed by atoms with Crippen LogP contribution in [0, 0.1) is 0 Å². The maximum Gasteiger partial charge on any atom is 0.330 e. The lowest BCUT2D eigenvalue weighted by Crippen LogP contribution is -2.39. The first-order valence-corrected chi connectivity index (χ1v) is 6.40. The van der Waals surface area contributed by atoms with E-state index >= 15 is 0 Å². The van der Waals surface area contributed by atoms with Crippen molar-refractivity contribution in [2.24, 2.45) is 7.05 Å². The minimum atomic E-state index is -0.250. The van der Waals surface area contributed by atoms with Crippen LogP contribution in [0.2, 0.25) is 0 Å². The molecule has 0 aliphatic heterocycles. The molecule has 2 aromatic rings. The van der Waals surface area contributed by atoms with Crippen molar-refractivity contribution in [3.63, 3.8) is 0 Å². The molecule has 0 saturated carbocycles. The molecule has 0 fully saturated rings. The summed E-state index contributed by atoms with van der Waals surface area (Å²) < 4.78 is 4.60. The van der Waals surface area contributed by atoms with Crippen molar-refractivity contribution in [3.8, 4) is 0 Å². The first-order valence-electron chi connectivity index (χ1n) is 6.40. The van der Waals surface area contributed by atoms with Crippen LogP contribution in [-0.2, 0) is 26.6 Å². The standard InChI is InChI=1S/C13H18N4O2/c1-3-8-16-9-6-12(18)17(13(16)19)10-5-11-4-7-14-15(11)2/h4,6-7,9H,3,5,8,10H2,1-2H3. The minimum absolute atomic E-state index is 0.239. The zero-order chi connectivity index (χ0) is 13.8. The molecule has 2 rings (SSSR count). The van der Waals surface area contributed by atoms with Gasteiger partial charge in [-0.2, -0.15) is 5.10 Å². The van der Waals surface area contributed by atoms with Crippen molar-refractivity contribution in [1.82, 2.24) is 18.9 Å². The third-order valence-corrected chi connectivity index (χ3v) is 3.12. The fourth-order valence-electron chi connectivity index (χ4n) is 2.05. The highest BCUT2D eigenvalue weighted by atomic mass is 16.2. The molecule has 2 aromatic heterocycles. The molecule has 0 radical (unpaired) electrons. The Hall–Kier alpha value is -2.11. The number of aryl methyl sites for hydroxylation is 3. The van der Waals surface area contributed by atoms with Crippen LogP contribution < -0.4 is 11.2 Å². The van der Waals surface area contributed by atoms with E-state index in [-0.39, 0.29) is 11.2 Å². The third kappa shape index (κ3) is 2.83. The largest absolute Gasteiger partial charge is 0.330 e. The van der Waals surface area contributed by atoms with E-state index in [0.29, 0.717) is 19.5 Å². The average molecular weight is 262 g/mol. The topological polar surface area (TPSA) is 61.8 Å². The fraction of sp³-hybridized carbons (Fsp3) is 0.462. The van der Waals surface area contributed by atoms with Crippen LogP contribution in [0.25, 0.3) is 0 Å². The van der Waals surface area contributed by atoms with Crippen molar-refractivity contribution in [3.05, 3.63) is 51.1 Å². The smallest absolute Gasteiger partial charge is 0.300 e. The van der Waals surface area contributed by atoms with Gasteiger partial charge in [-0.25, -0.2) is 4.79 Å². The Bertz CT molecular complexity index is 666. The van der Waals surface area contributed by atoms with Gasteiger partial charge in [-0.1, -0.05) is 6.92 Å². The van der Waals surface area contributed by atoms with Gasteiger partial charge in [0.15, 0.2) is 0 Å². The van der Waals surface area contributed by atoms with Crippen LogP contribution in [0.5, 0.6) is 0 Å². The highest BCUT2D eigenvalue weighted by Crippen LogP contribution is 1.98. The second kappa shape index (κ2) is 5.69. The lowest BCUT2D eigenvalue weighted by atomic mass is 10.3. The van der Waals surface area contributed by atoms with Gasteiger partial charge in [-0.3, -0.25) is 14.0 Å². The summed E-state index contributed by atoms with van der Waals surface area (Å²) in [5.41, 5.74) is 0.508. The first-order chi connectivity index (χ1) is 9.13. The molecule has 0 bridgehead atoms. The summed E-state index contributed by atoms with van der Waals surface area (Å²) in [6.45, 7) is 3.00. The highest BCUT2D eigenvalue weighted by Gasteiger charge is 2.06. The normalized spacial score (nSPS) is 10.8. The second-order valence-electron chi connectivity index (χ2n) is 4.48. The molecule has 0 aliphatic rings. The van der Waals surface area contributed by atoms with Crippen molar-refractivity contribution >= 4 is 0 Å². The Labute approximate surface area is 110 Å². The van der Waals surface area contributed by atoms with Gasteiger partial charge in [0.1, 0.15) is 0 Å². The molecule has 0 aromatic carbocycles. The molecule has 0 atom stereocenters. The Morgan fingerprint density at radius 2 is 2.00 bits per heavy atom. The molecule has 6 nitrogen and oxygen atoms in total. The van der Waals surface area contributed by atoms with Gasteiger partial charge in [-0.05, 0) is 12.5 Å². The van der Waals surface area contributed by atoms with Crippen molar-refractivity contribution < 1.29 is 0 Å². The molecule has 0 amide bonds. The van der Waals surface area contributed by atoms with Crippen LogP contribution in [0.1, 0.15) is 19.0 Å². The van der Waals surface area contributed by atoms with E-state index < -0.39 is 0 Å². The molecular weight excluding hydrogens is 244 g/mol. The Morgan fingerprint density at radius 1 is 1.21 bits per heavy atom. The summed E-state index contributed by atoms with van der Waals surface area (Å²) in [5, 5.41) is 4.07. The minimum Gasteiger partial charge on any atom is -0.300 e. The van der Waals surface area contributed by atoms with Gasteiger partial charge in [0.2, 0.25) is 0 Å². The maximum atomic E-state index is 12.1. The van der Waals surface area contributed by atoms with Crippen LogP contribution in [0.15, 0.2) is 34.1 Å². The Balaban J connectivity index is 2.25. The Kier molecular flexibility index (Phi) is 3.99. The molecule has 0 aliphatic carbocycles. The predicted molar refractivity (Wildman–Crippen MR) is 72.2 cm³/mol. The number of hydrogen-bond acceptors (Lipinski definition) is 3. The van der Waals surface area contributed by atoms with E-state index in [2.05, 4.69) is 5.10 Å². The molecule has 0 spiro atoms. The molecule has 6 heteroatoms. The molecule has 19 heavy (non-hydrogen) atoms. The second-order valence-corrected chi connectivity index (χ2v) is 4.48. The third-order valence-electron chi connectivity index (χ3n) is 3.12. The van der Waals surface area contributed by atoms with E-state index in [1.165, 1.54) is 10.6 Å². The summed E-state index contributed by atoms with van der Waals surface area (Å²) in [6, 6.07) is 3.33. The maximum absolute atomic E-state index is 12.1. The van der Waals surface area contributed by atoms with Gasteiger partial charge in [0.05, 0.1) is 0 Å². The lowest BCUT2D eigenvalue weighted by Gasteiger charge is -2.09. The average Bonchev–Trinajstić information content (AvgIpc) is 2.79. The Morgan fingerprint density at radius 3 is 2.63 bits per heavy atom. The van der Waals surface area contributed by atoms with Gasteiger partial charge in [0, 0.05) is 50.7 Å². The summed E-state index contributed by atoms with van der Waals surface area (Å²) in [7, 11) is 1.85. The van der Waals surface area contributed by atoms with E-state index in [1.807, 2.05) is 20.0 Å². The molecule has 102 valence electrons. The van der Waals surface area contributed by atoms with Gasteiger partial charge < -0.3 is 4.57 Å². The van der Waals surface area contributed by atoms with E-state index in [9.17, 15) is 9.59 Å². The predicted octanol–water partition coefficient (Wildman–Crippen LogP) is 0.396. The summed E-state index contributed by atoms with van der Waals surface area (Å²) in [5.74, 6) is 0.